The lowest BCUT2D eigenvalue weighted by molar-refractivity contribution is 0.517. The van der Waals surface area contributed by atoms with Gasteiger partial charge in [0.1, 0.15) is 11.6 Å². The highest BCUT2D eigenvalue weighted by atomic mass is 19.2. The van der Waals surface area contributed by atoms with Crippen molar-refractivity contribution in [3.63, 3.8) is 0 Å². The first-order valence-corrected chi connectivity index (χ1v) is 10.4. The van der Waals surface area contributed by atoms with Crippen LogP contribution in [-0.4, -0.2) is 0 Å². The third-order valence-electron chi connectivity index (χ3n) is 5.35. The maximum atomic E-state index is 14.6. The van der Waals surface area contributed by atoms with E-state index in [0.717, 1.165) is 18.9 Å². The van der Waals surface area contributed by atoms with E-state index in [2.05, 4.69) is 11.8 Å². The molecule has 0 aromatic heterocycles. The highest BCUT2D eigenvalue weighted by Gasteiger charge is 2.13. The Morgan fingerprint density at radius 2 is 1.34 bits per heavy atom. The highest BCUT2D eigenvalue weighted by Crippen LogP contribution is 2.28. The lowest BCUT2D eigenvalue weighted by Gasteiger charge is -2.08. The van der Waals surface area contributed by atoms with Crippen LogP contribution in [0.5, 0.6) is 0 Å². The van der Waals surface area contributed by atoms with Crippen LogP contribution in [0.3, 0.4) is 0 Å². The van der Waals surface area contributed by atoms with Crippen LogP contribution < -0.4 is 0 Å². The van der Waals surface area contributed by atoms with E-state index in [-0.39, 0.29) is 10.9 Å². The van der Waals surface area contributed by atoms with Crippen molar-refractivity contribution in [3.8, 4) is 23.0 Å². The SMILES string of the molecule is CCCCc1cc(F)c(-c2ccc(C#Cc3ccc4c(F)c(F)ccc4c3)cc2)c(F)c1. The van der Waals surface area contributed by atoms with Gasteiger partial charge in [0.2, 0.25) is 0 Å². The third kappa shape index (κ3) is 4.53. The van der Waals surface area contributed by atoms with Crippen molar-refractivity contribution in [1.82, 2.24) is 0 Å². The quantitative estimate of drug-likeness (QED) is 0.228. The van der Waals surface area contributed by atoms with Gasteiger partial charge in [-0.05, 0) is 71.8 Å². The molecule has 160 valence electrons. The van der Waals surface area contributed by atoms with Crippen LogP contribution in [-0.2, 0) is 6.42 Å². The number of unbranched alkanes of at least 4 members (excludes halogenated alkanes) is 1. The lowest BCUT2D eigenvalue weighted by atomic mass is 9.99. The van der Waals surface area contributed by atoms with Gasteiger partial charge < -0.3 is 0 Å². The van der Waals surface area contributed by atoms with E-state index in [1.54, 1.807) is 36.4 Å². The van der Waals surface area contributed by atoms with E-state index in [4.69, 9.17) is 0 Å². The zero-order valence-corrected chi connectivity index (χ0v) is 17.5. The van der Waals surface area contributed by atoms with Crippen LogP contribution in [0.1, 0.15) is 36.5 Å². The molecule has 0 bridgehead atoms. The van der Waals surface area contributed by atoms with Gasteiger partial charge in [-0.1, -0.05) is 49.5 Å². The largest absolute Gasteiger partial charge is 0.206 e. The predicted octanol–water partition coefficient (Wildman–Crippen LogP) is 7.81. The van der Waals surface area contributed by atoms with Gasteiger partial charge in [0.05, 0.1) is 5.56 Å². The van der Waals surface area contributed by atoms with Gasteiger partial charge in [-0.2, -0.15) is 0 Å². The van der Waals surface area contributed by atoms with Crippen molar-refractivity contribution < 1.29 is 17.6 Å². The fraction of sp³-hybridized carbons (Fsp3) is 0.143. The first kappa shape index (κ1) is 21.6. The van der Waals surface area contributed by atoms with Gasteiger partial charge in [-0.25, -0.2) is 17.6 Å². The van der Waals surface area contributed by atoms with Crippen LogP contribution >= 0.6 is 0 Å². The summed E-state index contributed by atoms with van der Waals surface area (Å²) < 4.78 is 56.3. The summed E-state index contributed by atoms with van der Waals surface area (Å²) in [7, 11) is 0. The molecule has 0 saturated heterocycles. The number of fused-ring (bicyclic) bond motifs is 1. The first-order valence-electron chi connectivity index (χ1n) is 10.4. The monoisotopic (exact) mass is 432 g/mol. The summed E-state index contributed by atoms with van der Waals surface area (Å²) in [4.78, 5) is 0. The molecule has 0 saturated carbocycles. The number of rotatable bonds is 4. The molecule has 4 aromatic carbocycles. The lowest BCUT2D eigenvalue weighted by Crippen LogP contribution is -1.95. The van der Waals surface area contributed by atoms with Gasteiger partial charge in [0.15, 0.2) is 11.6 Å². The Labute approximate surface area is 184 Å². The molecule has 0 spiro atoms. The van der Waals surface area contributed by atoms with Crippen LogP contribution in [0.4, 0.5) is 17.6 Å². The van der Waals surface area contributed by atoms with E-state index < -0.39 is 23.3 Å². The average molecular weight is 432 g/mol. The molecule has 0 unspecified atom stereocenters. The van der Waals surface area contributed by atoms with Gasteiger partial charge in [-0.3, -0.25) is 0 Å². The summed E-state index contributed by atoms with van der Waals surface area (Å²) in [6, 6.07) is 16.9. The summed E-state index contributed by atoms with van der Waals surface area (Å²) >= 11 is 0. The second kappa shape index (κ2) is 9.28. The molecule has 0 heterocycles. The molecule has 4 heteroatoms. The van der Waals surface area contributed by atoms with Gasteiger partial charge in [-0.15, -0.1) is 0 Å². The van der Waals surface area contributed by atoms with E-state index >= 15 is 0 Å². The molecule has 4 rings (SSSR count). The van der Waals surface area contributed by atoms with Crippen molar-refractivity contribution in [2.24, 2.45) is 0 Å². The molecule has 0 aliphatic carbocycles. The Kier molecular flexibility index (Phi) is 6.28. The Morgan fingerprint density at radius 1 is 0.688 bits per heavy atom. The number of hydrogen-bond donors (Lipinski definition) is 0. The second-order valence-corrected chi connectivity index (χ2v) is 7.66. The van der Waals surface area contributed by atoms with Crippen LogP contribution in [0, 0.1) is 35.1 Å². The molecule has 4 aromatic rings. The van der Waals surface area contributed by atoms with E-state index in [1.807, 2.05) is 6.92 Å². The zero-order valence-electron chi connectivity index (χ0n) is 17.5. The molecule has 0 aliphatic heterocycles. The molecule has 0 fully saturated rings. The summed E-state index contributed by atoms with van der Waals surface area (Å²) in [5, 5.41) is 0.754. The standard InChI is InChI=1S/C28H20F4/c1-2-3-4-20-16-25(30)27(26(31)17-20)21-10-7-18(8-11-21)5-6-19-9-13-23-22(15-19)12-14-24(29)28(23)32/h7-17H,2-4H2,1H3. The Balaban J connectivity index is 1.57. The van der Waals surface area contributed by atoms with E-state index in [9.17, 15) is 17.6 Å². The number of aryl methyl sites for hydroxylation is 1. The minimum atomic E-state index is -0.889. The molecule has 0 N–H and O–H groups in total. The molecule has 0 aliphatic rings. The van der Waals surface area contributed by atoms with Crippen molar-refractivity contribution >= 4 is 10.8 Å². The zero-order chi connectivity index (χ0) is 22.7. The Hall–Kier alpha value is -3.58. The maximum Gasteiger partial charge on any atom is 0.166 e. The minimum absolute atomic E-state index is 0.0476. The van der Waals surface area contributed by atoms with E-state index in [0.29, 0.717) is 34.1 Å². The van der Waals surface area contributed by atoms with Gasteiger partial charge >= 0.3 is 0 Å². The molecule has 0 nitrogen and oxygen atoms in total. The first-order chi connectivity index (χ1) is 15.5. The van der Waals surface area contributed by atoms with Crippen LogP contribution in [0.2, 0.25) is 0 Å². The van der Waals surface area contributed by atoms with Crippen molar-refractivity contribution in [2.75, 3.05) is 0 Å². The average Bonchev–Trinajstić information content (AvgIpc) is 2.79. The van der Waals surface area contributed by atoms with Crippen LogP contribution in [0.15, 0.2) is 66.7 Å². The highest BCUT2D eigenvalue weighted by molar-refractivity contribution is 5.84. The minimum Gasteiger partial charge on any atom is -0.206 e. The Morgan fingerprint density at radius 3 is 2.03 bits per heavy atom. The predicted molar refractivity (Wildman–Crippen MR) is 120 cm³/mol. The summed E-state index contributed by atoms with van der Waals surface area (Å²) in [6.45, 7) is 2.03. The normalized spacial score (nSPS) is 10.8. The smallest absolute Gasteiger partial charge is 0.166 e. The van der Waals surface area contributed by atoms with Crippen molar-refractivity contribution in [1.29, 1.82) is 0 Å². The van der Waals surface area contributed by atoms with E-state index in [1.165, 1.54) is 24.3 Å². The fourth-order valence-corrected chi connectivity index (χ4v) is 3.63. The topological polar surface area (TPSA) is 0 Å². The maximum absolute atomic E-state index is 14.6. The molecule has 32 heavy (non-hydrogen) atoms. The van der Waals surface area contributed by atoms with Gasteiger partial charge in [0, 0.05) is 16.5 Å². The van der Waals surface area contributed by atoms with Crippen LogP contribution in [0.25, 0.3) is 21.9 Å². The van der Waals surface area contributed by atoms with Crippen molar-refractivity contribution in [2.45, 2.75) is 26.2 Å². The van der Waals surface area contributed by atoms with Gasteiger partial charge in [0.25, 0.3) is 0 Å². The molecular weight excluding hydrogens is 412 g/mol. The second-order valence-electron chi connectivity index (χ2n) is 7.66. The summed E-state index contributed by atoms with van der Waals surface area (Å²) in [5.41, 5.74) is 2.36. The number of benzene rings is 4. The third-order valence-corrected chi connectivity index (χ3v) is 5.35. The molecule has 0 amide bonds. The molecule has 0 atom stereocenters. The summed E-state index contributed by atoms with van der Waals surface area (Å²) in [6.07, 6.45) is 2.49. The fourth-order valence-electron chi connectivity index (χ4n) is 3.63. The number of hydrogen-bond acceptors (Lipinski definition) is 0. The number of halogens is 4. The molecular formula is C28H20F4. The summed E-state index contributed by atoms with van der Waals surface area (Å²) in [5.74, 6) is 3.05. The Bertz CT molecular complexity index is 1320. The molecule has 0 radical (unpaired) electrons. The van der Waals surface area contributed by atoms with Crippen molar-refractivity contribution in [3.05, 3.63) is 107 Å².